The molecule has 1 heterocycles. The zero-order valence-corrected chi connectivity index (χ0v) is 12.7. The topological polar surface area (TPSA) is 30.5 Å². The summed E-state index contributed by atoms with van der Waals surface area (Å²) < 4.78 is 11.2. The lowest BCUT2D eigenvalue weighted by Gasteiger charge is -2.60. The quantitative estimate of drug-likeness (QED) is 0.916. The molecule has 3 unspecified atom stereocenters. The fraction of sp³-hybridized carbons (Fsp3) is 0.647. The minimum Gasteiger partial charge on any atom is -0.497 e. The van der Waals surface area contributed by atoms with E-state index in [-0.39, 0.29) is 5.41 Å². The van der Waals surface area contributed by atoms with Crippen molar-refractivity contribution in [1.29, 1.82) is 0 Å². The normalized spacial score (nSPS) is 31.2. The Hall–Kier alpha value is -1.06. The van der Waals surface area contributed by atoms with Crippen LogP contribution in [-0.2, 0) is 11.3 Å². The molecule has 1 saturated carbocycles. The minimum absolute atomic E-state index is 0.240. The Bertz CT molecular complexity index is 472. The maximum absolute atomic E-state index is 5.95. The molecule has 1 N–H and O–H groups in total. The van der Waals surface area contributed by atoms with Crippen LogP contribution in [0.2, 0.25) is 0 Å². The van der Waals surface area contributed by atoms with E-state index in [0.717, 1.165) is 18.9 Å². The molecule has 3 heteroatoms. The van der Waals surface area contributed by atoms with E-state index in [1.54, 1.807) is 7.11 Å². The first kappa shape index (κ1) is 13.9. The summed E-state index contributed by atoms with van der Waals surface area (Å²) in [5.74, 6) is 1.61. The van der Waals surface area contributed by atoms with Crippen molar-refractivity contribution in [3.63, 3.8) is 0 Å². The predicted molar refractivity (Wildman–Crippen MR) is 79.9 cm³/mol. The van der Waals surface area contributed by atoms with E-state index in [2.05, 4.69) is 31.3 Å². The molecular formula is C17H25NO2. The van der Waals surface area contributed by atoms with Crippen molar-refractivity contribution >= 4 is 0 Å². The summed E-state index contributed by atoms with van der Waals surface area (Å²) in [7, 11) is 1.71. The third-order valence-corrected chi connectivity index (χ3v) is 4.99. The minimum atomic E-state index is 0.240. The van der Waals surface area contributed by atoms with E-state index in [9.17, 15) is 0 Å². The van der Waals surface area contributed by atoms with Crippen LogP contribution in [0.15, 0.2) is 24.3 Å². The molecule has 0 amide bonds. The fourth-order valence-corrected chi connectivity index (χ4v) is 3.95. The SMILES string of the molecule is COc1cccc(CNC2C3CCCOC3C2(C)C)c1. The standard InChI is InChI=1S/C17H25NO2/c1-17(2)15(14-8-5-9-20-16(14)17)18-11-12-6-4-7-13(10-12)19-3/h4,6-7,10,14-16,18H,5,8-9,11H2,1-3H3. The summed E-state index contributed by atoms with van der Waals surface area (Å²) in [6.07, 6.45) is 2.94. The zero-order valence-electron chi connectivity index (χ0n) is 12.7. The summed E-state index contributed by atoms with van der Waals surface area (Å²) in [4.78, 5) is 0. The van der Waals surface area contributed by atoms with Crippen molar-refractivity contribution in [2.45, 2.75) is 45.4 Å². The molecule has 2 aliphatic rings. The van der Waals surface area contributed by atoms with E-state index in [1.807, 2.05) is 12.1 Å². The molecule has 1 aromatic carbocycles. The molecule has 1 aliphatic heterocycles. The number of fused-ring (bicyclic) bond motifs is 1. The van der Waals surface area contributed by atoms with Crippen molar-refractivity contribution < 1.29 is 9.47 Å². The molecule has 20 heavy (non-hydrogen) atoms. The second-order valence-electron chi connectivity index (χ2n) is 6.63. The summed E-state index contributed by atoms with van der Waals surface area (Å²) in [6.45, 7) is 6.48. The van der Waals surface area contributed by atoms with Crippen molar-refractivity contribution in [2.75, 3.05) is 13.7 Å². The Morgan fingerprint density at radius 3 is 3.05 bits per heavy atom. The van der Waals surface area contributed by atoms with Gasteiger partial charge in [0.15, 0.2) is 0 Å². The number of hydrogen-bond acceptors (Lipinski definition) is 3. The van der Waals surface area contributed by atoms with Crippen LogP contribution in [-0.4, -0.2) is 25.9 Å². The van der Waals surface area contributed by atoms with Gasteiger partial charge in [-0.05, 0) is 30.5 Å². The highest BCUT2D eigenvalue weighted by molar-refractivity contribution is 5.28. The smallest absolute Gasteiger partial charge is 0.119 e. The number of rotatable bonds is 4. The van der Waals surface area contributed by atoms with Crippen molar-refractivity contribution in [3.8, 4) is 5.75 Å². The van der Waals surface area contributed by atoms with Crippen LogP contribution in [0.1, 0.15) is 32.3 Å². The Labute approximate surface area is 121 Å². The first-order chi connectivity index (χ1) is 9.63. The monoisotopic (exact) mass is 275 g/mol. The molecule has 0 spiro atoms. The maximum atomic E-state index is 5.95. The second-order valence-corrected chi connectivity index (χ2v) is 6.63. The highest BCUT2D eigenvalue weighted by atomic mass is 16.5. The molecule has 1 saturated heterocycles. The molecule has 0 radical (unpaired) electrons. The van der Waals surface area contributed by atoms with Crippen molar-refractivity contribution in [3.05, 3.63) is 29.8 Å². The van der Waals surface area contributed by atoms with Crippen LogP contribution in [0.25, 0.3) is 0 Å². The van der Waals surface area contributed by atoms with Crippen LogP contribution < -0.4 is 10.1 Å². The number of ether oxygens (including phenoxy) is 2. The van der Waals surface area contributed by atoms with Gasteiger partial charge in [-0.25, -0.2) is 0 Å². The van der Waals surface area contributed by atoms with Crippen molar-refractivity contribution in [1.82, 2.24) is 5.32 Å². The van der Waals surface area contributed by atoms with Gasteiger partial charge in [-0.2, -0.15) is 0 Å². The van der Waals surface area contributed by atoms with Gasteiger partial charge in [-0.3, -0.25) is 0 Å². The third-order valence-electron chi connectivity index (χ3n) is 4.99. The van der Waals surface area contributed by atoms with Crippen molar-refractivity contribution in [2.24, 2.45) is 11.3 Å². The van der Waals surface area contributed by atoms with Crippen LogP contribution in [0.4, 0.5) is 0 Å². The average Bonchev–Trinajstić information content (AvgIpc) is 2.47. The molecule has 3 rings (SSSR count). The van der Waals surface area contributed by atoms with Gasteiger partial charge in [-0.15, -0.1) is 0 Å². The van der Waals surface area contributed by atoms with Gasteiger partial charge in [0.2, 0.25) is 0 Å². The fourth-order valence-electron chi connectivity index (χ4n) is 3.95. The van der Waals surface area contributed by atoms with Gasteiger partial charge in [0.05, 0.1) is 13.2 Å². The lowest BCUT2D eigenvalue weighted by atomic mass is 9.55. The Morgan fingerprint density at radius 1 is 1.40 bits per heavy atom. The lowest BCUT2D eigenvalue weighted by molar-refractivity contribution is -0.192. The maximum Gasteiger partial charge on any atom is 0.119 e. The van der Waals surface area contributed by atoms with Crippen LogP contribution >= 0.6 is 0 Å². The molecule has 3 nitrogen and oxygen atoms in total. The Balaban J connectivity index is 1.63. The lowest BCUT2D eigenvalue weighted by Crippen LogP contribution is -2.69. The van der Waals surface area contributed by atoms with Gasteiger partial charge in [-0.1, -0.05) is 26.0 Å². The molecule has 2 fully saturated rings. The predicted octanol–water partition coefficient (Wildman–Crippen LogP) is 2.99. The third kappa shape index (κ3) is 2.33. The largest absolute Gasteiger partial charge is 0.497 e. The summed E-state index contributed by atoms with van der Waals surface area (Å²) in [5, 5.41) is 3.74. The highest BCUT2D eigenvalue weighted by Crippen LogP contribution is 2.51. The average molecular weight is 275 g/mol. The van der Waals surface area contributed by atoms with E-state index in [1.165, 1.54) is 18.4 Å². The molecular weight excluding hydrogens is 250 g/mol. The molecule has 3 atom stereocenters. The first-order valence-corrected chi connectivity index (χ1v) is 7.61. The number of benzene rings is 1. The van der Waals surface area contributed by atoms with Gasteiger partial charge in [0.1, 0.15) is 5.75 Å². The molecule has 0 aromatic heterocycles. The Kier molecular flexibility index (Phi) is 3.74. The van der Waals surface area contributed by atoms with Crippen LogP contribution in [0.3, 0.4) is 0 Å². The summed E-state index contributed by atoms with van der Waals surface area (Å²) >= 11 is 0. The number of nitrogens with one attached hydrogen (secondary N) is 1. The summed E-state index contributed by atoms with van der Waals surface area (Å²) in [6, 6.07) is 8.85. The zero-order chi connectivity index (χ0) is 14.2. The molecule has 110 valence electrons. The van der Waals surface area contributed by atoms with Gasteiger partial charge in [0.25, 0.3) is 0 Å². The molecule has 0 bridgehead atoms. The summed E-state index contributed by atoms with van der Waals surface area (Å²) in [5.41, 5.74) is 1.52. The molecule has 1 aliphatic carbocycles. The van der Waals surface area contributed by atoms with Gasteiger partial charge in [0, 0.05) is 30.5 Å². The Morgan fingerprint density at radius 2 is 2.25 bits per heavy atom. The highest BCUT2D eigenvalue weighted by Gasteiger charge is 2.57. The second kappa shape index (κ2) is 5.38. The van der Waals surface area contributed by atoms with Gasteiger partial charge >= 0.3 is 0 Å². The van der Waals surface area contributed by atoms with Gasteiger partial charge < -0.3 is 14.8 Å². The van der Waals surface area contributed by atoms with E-state index >= 15 is 0 Å². The number of hydrogen-bond donors (Lipinski definition) is 1. The molecule has 1 aromatic rings. The van der Waals surface area contributed by atoms with E-state index < -0.39 is 0 Å². The number of methoxy groups -OCH3 is 1. The first-order valence-electron chi connectivity index (χ1n) is 7.61. The van der Waals surface area contributed by atoms with E-state index in [4.69, 9.17) is 9.47 Å². The van der Waals surface area contributed by atoms with Crippen LogP contribution in [0, 0.1) is 11.3 Å². The van der Waals surface area contributed by atoms with Crippen LogP contribution in [0.5, 0.6) is 5.75 Å². The van der Waals surface area contributed by atoms with E-state index in [0.29, 0.717) is 18.1 Å².